The van der Waals surface area contributed by atoms with Crippen LogP contribution in [-0.4, -0.2) is 30.8 Å². The Balaban J connectivity index is 2.04. The zero-order chi connectivity index (χ0) is 6.53. The molecule has 1 heterocycles. The number of hydrogen-bond acceptors (Lipinski definition) is 2. The van der Waals surface area contributed by atoms with E-state index in [1.165, 1.54) is 25.9 Å². The molecule has 2 nitrogen and oxygen atoms in total. The average Bonchev–Trinajstić information content (AvgIpc) is 2.34. The maximum Gasteiger partial charge on any atom is 0.121 e. The molecule has 0 N–H and O–H groups in total. The monoisotopic (exact) mass is 127 g/mol. The molecule has 2 heteroatoms. The summed E-state index contributed by atoms with van der Waals surface area (Å²) in [6.45, 7) is 3.38. The van der Waals surface area contributed by atoms with Crippen LogP contribution >= 0.6 is 0 Å². The Morgan fingerprint density at radius 1 is 1.33 bits per heavy atom. The fraction of sp³-hybridized carbons (Fsp3) is 0.857. The van der Waals surface area contributed by atoms with Crippen molar-refractivity contribution in [2.75, 3.05) is 19.6 Å². The van der Waals surface area contributed by atoms with Crippen LogP contribution in [-0.2, 0) is 4.79 Å². The van der Waals surface area contributed by atoms with Gasteiger partial charge in [-0.2, -0.15) is 0 Å². The van der Waals surface area contributed by atoms with Gasteiger partial charge in [0, 0.05) is 13.0 Å². The molecule has 1 saturated heterocycles. The minimum atomic E-state index is 0.708. The van der Waals surface area contributed by atoms with E-state index in [9.17, 15) is 4.79 Å². The van der Waals surface area contributed by atoms with Crippen LogP contribution < -0.4 is 0 Å². The van der Waals surface area contributed by atoms with Gasteiger partial charge in [0.1, 0.15) is 6.29 Å². The van der Waals surface area contributed by atoms with E-state index in [1.54, 1.807) is 0 Å². The van der Waals surface area contributed by atoms with E-state index in [-0.39, 0.29) is 0 Å². The number of likely N-dealkylation sites (tertiary alicyclic amines) is 1. The number of carbonyl (C=O) groups is 1. The van der Waals surface area contributed by atoms with E-state index in [0.29, 0.717) is 6.42 Å². The molecule has 0 amide bonds. The number of aldehydes is 1. The van der Waals surface area contributed by atoms with Crippen LogP contribution in [0.2, 0.25) is 0 Å². The van der Waals surface area contributed by atoms with Crippen LogP contribution in [0.15, 0.2) is 0 Å². The second kappa shape index (κ2) is 3.62. The lowest BCUT2D eigenvalue weighted by atomic mass is 10.4. The van der Waals surface area contributed by atoms with E-state index in [4.69, 9.17) is 0 Å². The molecule has 0 atom stereocenters. The highest BCUT2D eigenvalue weighted by Crippen LogP contribution is 2.06. The Morgan fingerprint density at radius 2 is 2.00 bits per heavy atom. The summed E-state index contributed by atoms with van der Waals surface area (Å²) in [5.74, 6) is 0. The fourth-order valence-corrected chi connectivity index (χ4v) is 1.24. The molecule has 0 unspecified atom stereocenters. The van der Waals surface area contributed by atoms with E-state index < -0.39 is 0 Å². The molecule has 1 rings (SSSR count). The summed E-state index contributed by atoms with van der Waals surface area (Å²) in [6.07, 6.45) is 4.34. The van der Waals surface area contributed by atoms with E-state index in [2.05, 4.69) is 4.90 Å². The van der Waals surface area contributed by atoms with Gasteiger partial charge in [-0.1, -0.05) is 0 Å². The quantitative estimate of drug-likeness (QED) is 0.519. The fourth-order valence-electron chi connectivity index (χ4n) is 1.24. The highest BCUT2D eigenvalue weighted by molar-refractivity contribution is 5.49. The van der Waals surface area contributed by atoms with Crippen molar-refractivity contribution in [1.82, 2.24) is 4.90 Å². The second-order valence-corrected chi connectivity index (χ2v) is 2.50. The minimum absolute atomic E-state index is 0.708. The summed E-state index contributed by atoms with van der Waals surface area (Å²) < 4.78 is 0. The number of carbonyl (C=O) groups excluding carboxylic acids is 1. The largest absolute Gasteiger partial charge is 0.303 e. The number of hydrogen-bond donors (Lipinski definition) is 0. The molecule has 1 aliphatic heterocycles. The maximum absolute atomic E-state index is 9.93. The van der Waals surface area contributed by atoms with Crippen LogP contribution in [0, 0.1) is 0 Å². The number of rotatable bonds is 3. The average molecular weight is 127 g/mol. The SMILES string of the molecule is O=CCCN1CCCC1. The van der Waals surface area contributed by atoms with Crippen LogP contribution in [0.4, 0.5) is 0 Å². The highest BCUT2D eigenvalue weighted by Gasteiger charge is 2.09. The molecule has 1 fully saturated rings. The molecular weight excluding hydrogens is 114 g/mol. The summed E-state index contributed by atoms with van der Waals surface area (Å²) in [7, 11) is 0. The Morgan fingerprint density at radius 3 is 2.56 bits per heavy atom. The molecular formula is C7H13NO. The third-order valence-electron chi connectivity index (χ3n) is 1.76. The third kappa shape index (κ3) is 2.14. The predicted molar refractivity (Wildman–Crippen MR) is 36.4 cm³/mol. The summed E-state index contributed by atoms with van der Waals surface area (Å²) in [6, 6.07) is 0. The summed E-state index contributed by atoms with van der Waals surface area (Å²) in [5.41, 5.74) is 0. The van der Waals surface area contributed by atoms with Crippen LogP contribution in [0.3, 0.4) is 0 Å². The van der Waals surface area contributed by atoms with Crippen LogP contribution in [0.1, 0.15) is 19.3 Å². The molecule has 0 aromatic carbocycles. The first-order valence-electron chi connectivity index (χ1n) is 3.59. The standard InChI is InChI=1S/C7H13NO/c9-7-3-6-8-4-1-2-5-8/h7H,1-6H2. The van der Waals surface area contributed by atoms with Crippen molar-refractivity contribution in [1.29, 1.82) is 0 Å². The molecule has 0 bridgehead atoms. The van der Waals surface area contributed by atoms with Crippen molar-refractivity contribution in [3.8, 4) is 0 Å². The van der Waals surface area contributed by atoms with Crippen molar-refractivity contribution >= 4 is 6.29 Å². The van der Waals surface area contributed by atoms with Crippen molar-refractivity contribution in [3.05, 3.63) is 0 Å². The molecule has 0 aromatic rings. The Hall–Kier alpha value is -0.370. The second-order valence-electron chi connectivity index (χ2n) is 2.50. The zero-order valence-corrected chi connectivity index (χ0v) is 5.68. The number of nitrogens with zero attached hydrogens (tertiary/aromatic N) is 1. The minimum Gasteiger partial charge on any atom is -0.303 e. The van der Waals surface area contributed by atoms with Gasteiger partial charge in [0.2, 0.25) is 0 Å². The van der Waals surface area contributed by atoms with Gasteiger partial charge in [-0.3, -0.25) is 0 Å². The van der Waals surface area contributed by atoms with Gasteiger partial charge in [-0.25, -0.2) is 0 Å². The van der Waals surface area contributed by atoms with Crippen LogP contribution in [0.5, 0.6) is 0 Å². The van der Waals surface area contributed by atoms with Gasteiger partial charge in [0.25, 0.3) is 0 Å². The normalized spacial score (nSPS) is 20.4. The van der Waals surface area contributed by atoms with Crippen molar-refractivity contribution in [2.24, 2.45) is 0 Å². The smallest absolute Gasteiger partial charge is 0.121 e. The third-order valence-corrected chi connectivity index (χ3v) is 1.76. The molecule has 0 spiro atoms. The first kappa shape index (κ1) is 6.75. The molecule has 0 aliphatic carbocycles. The van der Waals surface area contributed by atoms with Crippen molar-refractivity contribution in [2.45, 2.75) is 19.3 Å². The zero-order valence-electron chi connectivity index (χ0n) is 5.68. The van der Waals surface area contributed by atoms with Gasteiger partial charge >= 0.3 is 0 Å². The van der Waals surface area contributed by atoms with Crippen molar-refractivity contribution < 1.29 is 4.79 Å². The molecule has 0 aromatic heterocycles. The summed E-state index contributed by atoms with van der Waals surface area (Å²) in [5, 5.41) is 0. The van der Waals surface area contributed by atoms with Gasteiger partial charge < -0.3 is 9.69 Å². The van der Waals surface area contributed by atoms with Crippen LogP contribution in [0.25, 0.3) is 0 Å². The Kier molecular flexibility index (Phi) is 2.71. The molecule has 52 valence electrons. The predicted octanol–water partition coefficient (Wildman–Crippen LogP) is 0.671. The maximum atomic E-state index is 9.93. The van der Waals surface area contributed by atoms with E-state index in [1.807, 2.05) is 0 Å². The van der Waals surface area contributed by atoms with Gasteiger partial charge in [0.15, 0.2) is 0 Å². The Bertz CT molecular complexity index is 86.9. The first-order chi connectivity index (χ1) is 4.43. The summed E-state index contributed by atoms with van der Waals surface area (Å²) >= 11 is 0. The van der Waals surface area contributed by atoms with Gasteiger partial charge in [-0.05, 0) is 25.9 Å². The molecule has 0 radical (unpaired) electrons. The highest BCUT2D eigenvalue weighted by atomic mass is 16.1. The first-order valence-corrected chi connectivity index (χ1v) is 3.59. The van der Waals surface area contributed by atoms with Gasteiger partial charge in [-0.15, -0.1) is 0 Å². The van der Waals surface area contributed by atoms with Gasteiger partial charge in [0.05, 0.1) is 0 Å². The summed E-state index contributed by atoms with van der Waals surface area (Å²) in [4.78, 5) is 12.3. The molecule has 9 heavy (non-hydrogen) atoms. The van der Waals surface area contributed by atoms with E-state index in [0.717, 1.165) is 12.8 Å². The lowest BCUT2D eigenvalue weighted by molar-refractivity contribution is -0.108. The lowest BCUT2D eigenvalue weighted by Gasteiger charge is -2.10. The topological polar surface area (TPSA) is 20.3 Å². The van der Waals surface area contributed by atoms with Crippen molar-refractivity contribution in [3.63, 3.8) is 0 Å². The van der Waals surface area contributed by atoms with E-state index >= 15 is 0 Å². The molecule has 0 saturated carbocycles. The molecule has 1 aliphatic rings. The Labute approximate surface area is 55.8 Å². The lowest BCUT2D eigenvalue weighted by Crippen LogP contribution is -2.20.